The van der Waals surface area contributed by atoms with Crippen LogP contribution < -0.4 is 10.5 Å². The van der Waals surface area contributed by atoms with E-state index >= 15 is 0 Å². The highest BCUT2D eigenvalue weighted by Gasteiger charge is 2.13. The van der Waals surface area contributed by atoms with Crippen molar-refractivity contribution in [3.05, 3.63) is 29.8 Å². The van der Waals surface area contributed by atoms with Gasteiger partial charge < -0.3 is 20.3 Å². The van der Waals surface area contributed by atoms with Gasteiger partial charge in [0.05, 0.1) is 7.11 Å². The molecule has 0 bridgehead atoms. The smallest absolute Gasteiger partial charge is 0.165 e. The molecule has 0 amide bonds. The maximum atomic E-state index is 8.96. The summed E-state index contributed by atoms with van der Waals surface area (Å²) in [5.74, 6) is 0.779. The minimum Gasteiger partial charge on any atom is -0.497 e. The van der Waals surface area contributed by atoms with Gasteiger partial charge in [-0.1, -0.05) is 12.1 Å². The molecule has 0 aromatic heterocycles. The quantitative estimate of drug-likeness (QED) is 0.659. The molecule has 1 atom stereocenters. The van der Waals surface area contributed by atoms with Crippen molar-refractivity contribution in [3.63, 3.8) is 0 Å². The average molecular weight is 229 g/mol. The number of ether oxygens (including phenoxy) is 1. The van der Waals surface area contributed by atoms with E-state index in [-0.39, 0.29) is 5.92 Å². The molecule has 15 heavy (non-hydrogen) atoms. The number of hydrogen-bond acceptors (Lipinski definition) is 4. The SMILES string of the molecule is COc1ccc(C(CN)CP(O)O)cc1. The number of nitrogens with two attached hydrogens (primary N) is 1. The molecule has 4 N–H and O–H groups in total. The van der Waals surface area contributed by atoms with Crippen molar-refractivity contribution in [2.75, 3.05) is 19.8 Å². The maximum absolute atomic E-state index is 8.96. The first-order valence-electron chi connectivity index (χ1n) is 4.66. The molecular weight excluding hydrogens is 213 g/mol. The van der Waals surface area contributed by atoms with Crippen molar-refractivity contribution >= 4 is 8.38 Å². The van der Waals surface area contributed by atoms with E-state index in [1.807, 2.05) is 24.3 Å². The molecule has 1 aromatic carbocycles. The second-order valence-electron chi connectivity index (χ2n) is 3.26. The Morgan fingerprint density at radius 1 is 1.33 bits per heavy atom. The Kier molecular flexibility index (Phi) is 4.99. The van der Waals surface area contributed by atoms with Gasteiger partial charge >= 0.3 is 0 Å². The molecule has 4 nitrogen and oxygen atoms in total. The third kappa shape index (κ3) is 3.76. The first kappa shape index (κ1) is 12.4. The molecule has 0 fully saturated rings. The Bertz CT molecular complexity index is 289. The Labute approximate surface area is 90.6 Å². The van der Waals surface area contributed by atoms with E-state index in [9.17, 15) is 0 Å². The Morgan fingerprint density at radius 3 is 2.33 bits per heavy atom. The van der Waals surface area contributed by atoms with E-state index in [0.29, 0.717) is 12.7 Å². The molecule has 0 heterocycles. The average Bonchev–Trinajstić information content (AvgIpc) is 2.26. The first-order chi connectivity index (χ1) is 7.17. The lowest BCUT2D eigenvalue weighted by Gasteiger charge is -2.15. The van der Waals surface area contributed by atoms with Crippen LogP contribution in [0.3, 0.4) is 0 Å². The van der Waals surface area contributed by atoms with Crippen LogP contribution in [0.25, 0.3) is 0 Å². The van der Waals surface area contributed by atoms with E-state index in [2.05, 4.69) is 0 Å². The Balaban J connectivity index is 2.74. The van der Waals surface area contributed by atoms with Crippen molar-refractivity contribution in [1.82, 2.24) is 0 Å². The summed E-state index contributed by atoms with van der Waals surface area (Å²) >= 11 is 0. The van der Waals surface area contributed by atoms with Gasteiger partial charge in [-0.05, 0) is 24.2 Å². The minimum absolute atomic E-state index is 0.00276. The summed E-state index contributed by atoms with van der Waals surface area (Å²) < 4.78 is 5.04. The van der Waals surface area contributed by atoms with Crippen LogP contribution in [0.5, 0.6) is 5.75 Å². The van der Waals surface area contributed by atoms with Crippen molar-refractivity contribution in [2.45, 2.75) is 5.92 Å². The summed E-state index contributed by atoms with van der Waals surface area (Å²) in [4.78, 5) is 17.9. The van der Waals surface area contributed by atoms with Crippen LogP contribution in [0.1, 0.15) is 11.5 Å². The zero-order valence-corrected chi connectivity index (χ0v) is 9.52. The van der Waals surface area contributed by atoms with Crippen LogP contribution in [-0.4, -0.2) is 29.6 Å². The third-order valence-corrected chi connectivity index (χ3v) is 3.02. The van der Waals surface area contributed by atoms with Crippen LogP contribution >= 0.6 is 8.38 Å². The van der Waals surface area contributed by atoms with Gasteiger partial charge in [0.1, 0.15) is 5.75 Å². The summed E-state index contributed by atoms with van der Waals surface area (Å²) in [5, 5.41) is 0. The molecule has 84 valence electrons. The second-order valence-corrected chi connectivity index (χ2v) is 4.37. The summed E-state index contributed by atoms with van der Waals surface area (Å²) in [7, 11) is -0.285. The van der Waals surface area contributed by atoms with Gasteiger partial charge in [-0.2, -0.15) is 0 Å². The highest BCUT2D eigenvalue weighted by atomic mass is 31.2. The van der Waals surface area contributed by atoms with Crippen molar-refractivity contribution < 1.29 is 14.5 Å². The number of rotatable bonds is 5. The van der Waals surface area contributed by atoms with E-state index in [1.54, 1.807) is 7.11 Å². The topological polar surface area (TPSA) is 75.7 Å². The molecule has 1 rings (SSSR count). The molecule has 5 heteroatoms. The highest BCUT2D eigenvalue weighted by Crippen LogP contribution is 2.31. The maximum Gasteiger partial charge on any atom is 0.165 e. The lowest BCUT2D eigenvalue weighted by molar-refractivity contribution is 0.414. The fraction of sp³-hybridized carbons (Fsp3) is 0.400. The summed E-state index contributed by atoms with van der Waals surface area (Å²) in [6.45, 7) is 0.409. The van der Waals surface area contributed by atoms with Gasteiger partial charge in [-0.3, -0.25) is 0 Å². The number of methoxy groups -OCH3 is 1. The van der Waals surface area contributed by atoms with Gasteiger partial charge in [-0.25, -0.2) is 0 Å². The van der Waals surface area contributed by atoms with Crippen LogP contribution in [0.4, 0.5) is 0 Å². The predicted molar refractivity (Wildman–Crippen MR) is 61.0 cm³/mol. The van der Waals surface area contributed by atoms with Crippen molar-refractivity contribution in [2.24, 2.45) is 5.73 Å². The molecule has 1 unspecified atom stereocenters. The van der Waals surface area contributed by atoms with Crippen LogP contribution in [0, 0.1) is 0 Å². The summed E-state index contributed by atoms with van der Waals surface area (Å²) in [6.07, 6.45) is 0.318. The molecule has 0 spiro atoms. The van der Waals surface area contributed by atoms with E-state index in [0.717, 1.165) is 11.3 Å². The molecule has 0 aliphatic heterocycles. The largest absolute Gasteiger partial charge is 0.497 e. The van der Waals surface area contributed by atoms with E-state index < -0.39 is 8.38 Å². The monoisotopic (exact) mass is 229 g/mol. The molecule has 0 saturated heterocycles. The first-order valence-corrected chi connectivity index (χ1v) is 6.10. The Morgan fingerprint density at radius 2 is 1.93 bits per heavy atom. The zero-order valence-electron chi connectivity index (χ0n) is 8.63. The minimum atomic E-state index is -1.89. The molecular formula is C10H16NO3P. The van der Waals surface area contributed by atoms with E-state index in [1.165, 1.54) is 0 Å². The number of benzene rings is 1. The van der Waals surface area contributed by atoms with Crippen molar-refractivity contribution in [1.29, 1.82) is 0 Å². The molecule has 0 saturated carbocycles. The lowest BCUT2D eigenvalue weighted by atomic mass is 10.0. The van der Waals surface area contributed by atoms with Crippen LogP contribution in [0.2, 0.25) is 0 Å². The third-order valence-electron chi connectivity index (χ3n) is 2.26. The molecule has 1 aromatic rings. The fourth-order valence-electron chi connectivity index (χ4n) is 1.39. The molecule has 0 radical (unpaired) electrons. The number of hydrogen-bond donors (Lipinski definition) is 3. The molecule has 0 aliphatic rings. The highest BCUT2D eigenvalue weighted by molar-refractivity contribution is 7.45. The summed E-state index contributed by atoms with van der Waals surface area (Å²) in [6, 6.07) is 7.48. The van der Waals surface area contributed by atoms with Crippen LogP contribution in [0.15, 0.2) is 24.3 Å². The fourth-order valence-corrected chi connectivity index (χ4v) is 2.14. The van der Waals surface area contributed by atoms with Gasteiger partial charge in [0.15, 0.2) is 8.38 Å². The predicted octanol–water partition coefficient (Wildman–Crippen LogP) is 1.03. The lowest BCUT2D eigenvalue weighted by Crippen LogP contribution is -2.15. The van der Waals surface area contributed by atoms with Gasteiger partial charge in [0.2, 0.25) is 0 Å². The molecule has 0 aliphatic carbocycles. The standard InChI is InChI=1S/C10H16NO3P/c1-14-10-4-2-8(3-5-10)9(6-11)7-15(12)13/h2-5,9,12-13H,6-7,11H2,1H3. The Hall–Kier alpha value is -0.670. The van der Waals surface area contributed by atoms with E-state index in [4.69, 9.17) is 20.3 Å². The van der Waals surface area contributed by atoms with Crippen molar-refractivity contribution in [3.8, 4) is 5.75 Å². The van der Waals surface area contributed by atoms with Crippen LogP contribution in [-0.2, 0) is 0 Å². The van der Waals surface area contributed by atoms with Gasteiger partial charge in [-0.15, -0.1) is 0 Å². The second kappa shape index (κ2) is 6.03. The van der Waals surface area contributed by atoms with Gasteiger partial charge in [0, 0.05) is 12.1 Å². The van der Waals surface area contributed by atoms with Gasteiger partial charge in [0.25, 0.3) is 0 Å². The zero-order chi connectivity index (χ0) is 11.3. The normalized spacial score (nSPS) is 12.9. The summed E-state index contributed by atoms with van der Waals surface area (Å²) in [5.41, 5.74) is 6.59.